The van der Waals surface area contributed by atoms with Crippen LogP contribution >= 0.6 is 11.6 Å². The van der Waals surface area contributed by atoms with Gasteiger partial charge in [-0.2, -0.15) is 0 Å². The molecule has 0 saturated heterocycles. The normalized spacial score (nSPS) is 11.4. The lowest BCUT2D eigenvalue weighted by molar-refractivity contribution is 0.226. The van der Waals surface area contributed by atoms with Crippen LogP contribution in [0.3, 0.4) is 0 Å². The van der Waals surface area contributed by atoms with Crippen molar-refractivity contribution >= 4 is 17.3 Å². The monoisotopic (exact) mass is 268 g/mol. The summed E-state index contributed by atoms with van der Waals surface area (Å²) in [6, 6.07) is 5.71. The van der Waals surface area contributed by atoms with Crippen LogP contribution in [0.25, 0.3) is 0 Å². The van der Waals surface area contributed by atoms with Crippen molar-refractivity contribution in [2.24, 2.45) is 5.92 Å². The van der Waals surface area contributed by atoms with Crippen LogP contribution in [0.2, 0.25) is 5.02 Å². The highest BCUT2D eigenvalue weighted by atomic mass is 35.5. The SMILES string of the molecule is CCC(CC)CN(CC)Cc1cc(Cl)ccc1N. The van der Waals surface area contributed by atoms with E-state index in [9.17, 15) is 0 Å². The highest BCUT2D eigenvalue weighted by Crippen LogP contribution is 2.20. The molecule has 18 heavy (non-hydrogen) atoms. The fraction of sp³-hybridized carbons (Fsp3) is 0.600. The van der Waals surface area contributed by atoms with Crippen molar-refractivity contribution in [2.75, 3.05) is 18.8 Å². The first-order valence-corrected chi connectivity index (χ1v) is 7.24. The molecule has 0 radical (unpaired) electrons. The second kappa shape index (κ2) is 7.65. The molecule has 1 aromatic carbocycles. The number of nitrogens with two attached hydrogens (primary N) is 1. The molecule has 0 unspecified atom stereocenters. The van der Waals surface area contributed by atoms with Crippen LogP contribution in [-0.4, -0.2) is 18.0 Å². The molecular formula is C15H25ClN2. The van der Waals surface area contributed by atoms with Gasteiger partial charge in [0.25, 0.3) is 0 Å². The van der Waals surface area contributed by atoms with Gasteiger partial charge in [-0.05, 0) is 36.2 Å². The Morgan fingerprint density at radius 2 is 1.89 bits per heavy atom. The van der Waals surface area contributed by atoms with Crippen molar-refractivity contribution in [3.05, 3.63) is 28.8 Å². The number of halogens is 1. The molecule has 0 bridgehead atoms. The van der Waals surface area contributed by atoms with Gasteiger partial charge in [-0.15, -0.1) is 0 Å². The van der Waals surface area contributed by atoms with Gasteiger partial charge in [0.05, 0.1) is 0 Å². The average Bonchev–Trinajstić information content (AvgIpc) is 2.38. The van der Waals surface area contributed by atoms with Gasteiger partial charge in [-0.1, -0.05) is 45.2 Å². The van der Waals surface area contributed by atoms with Crippen LogP contribution in [0.5, 0.6) is 0 Å². The van der Waals surface area contributed by atoms with Gasteiger partial charge in [0, 0.05) is 23.8 Å². The molecule has 0 amide bonds. The summed E-state index contributed by atoms with van der Waals surface area (Å²) < 4.78 is 0. The molecule has 2 N–H and O–H groups in total. The van der Waals surface area contributed by atoms with Crippen molar-refractivity contribution in [3.63, 3.8) is 0 Å². The lowest BCUT2D eigenvalue weighted by atomic mass is 10.0. The molecule has 0 spiro atoms. The fourth-order valence-corrected chi connectivity index (χ4v) is 2.36. The van der Waals surface area contributed by atoms with Crippen LogP contribution < -0.4 is 5.73 Å². The van der Waals surface area contributed by atoms with Gasteiger partial charge in [0.2, 0.25) is 0 Å². The molecule has 1 rings (SSSR count). The molecule has 3 heteroatoms. The van der Waals surface area contributed by atoms with E-state index in [1.807, 2.05) is 18.2 Å². The first-order chi connectivity index (χ1) is 8.60. The summed E-state index contributed by atoms with van der Waals surface area (Å²) in [5, 5.41) is 0.762. The molecule has 0 atom stereocenters. The van der Waals surface area contributed by atoms with Crippen molar-refractivity contribution in [3.8, 4) is 0 Å². The average molecular weight is 269 g/mol. The van der Waals surface area contributed by atoms with Crippen molar-refractivity contribution in [1.82, 2.24) is 4.90 Å². The third-order valence-electron chi connectivity index (χ3n) is 3.62. The summed E-state index contributed by atoms with van der Waals surface area (Å²) >= 11 is 6.03. The minimum absolute atomic E-state index is 0.762. The van der Waals surface area contributed by atoms with Gasteiger partial charge < -0.3 is 5.73 Å². The smallest absolute Gasteiger partial charge is 0.0410 e. The Labute approximate surface area is 116 Å². The summed E-state index contributed by atoms with van der Waals surface area (Å²) in [4.78, 5) is 2.44. The summed E-state index contributed by atoms with van der Waals surface area (Å²) in [7, 11) is 0. The quantitative estimate of drug-likeness (QED) is 0.752. The van der Waals surface area contributed by atoms with E-state index in [2.05, 4.69) is 25.7 Å². The predicted octanol–water partition coefficient (Wildman–Crippen LogP) is 4.18. The summed E-state index contributed by atoms with van der Waals surface area (Å²) in [6.45, 7) is 9.78. The Balaban J connectivity index is 2.70. The lowest BCUT2D eigenvalue weighted by Gasteiger charge is -2.25. The van der Waals surface area contributed by atoms with E-state index in [4.69, 9.17) is 17.3 Å². The number of nitrogen functional groups attached to an aromatic ring is 1. The van der Waals surface area contributed by atoms with Gasteiger partial charge in [0.1, 0.15) is 0 Å². The summed E-state index contributed by atoms with van der Waals surface area (Å²) in [5.74, 6) is 0.769. The number of hydrogen-bond donors (Lipinski definition) is 1. The van der Waals surface area contributed by atoms with E-state index >= 15 is 0 Å². The predicted molar refractivity (Wildman–Crippen MR) is 80.9 cm³/mol. The number of benzene rings is 1. The van der Waals surface area contributed by atoms with Gasteiger partial charge in [0.15, 0.2) is 0 Å². The third-order valence-corrected chi connectivity index (χ3v) is 3.85. The Kier molecular flexibility index (Phi) is 6.51. The zero-order chi connectivity index (χ0) is 13.5. The second-order valence-electron chi connectivity index (χ2n) is 4.85. The lowest BCUT2D eigenvalue weighted by Crippen LogP contribution is -2.29. The van der Waals surface area contributed by atoms with Gasteiger partial charge >= 0.3 is 0 Å². The van der Waals surface area contributed by atoms with Crippen molar-refractivity contribution < 1.29 is 0 Å². The fourth-order valence-electron chi connectivity index (χ4n) is 2.17. The maximum Gasteiger partial charge on any atom is 0.0410 e. The second-order valence-corrected chi connectivity index (χ2v) is 5.29. The zero-order valence-electron chi connectivity index (χ0n) is 11.7. The third kappa shape index (κ3) is 4.51. The van der Waals surface area contributed by atoms with E-state index in [1.165, 1.54) is 12.8 Å². The van der Waals surface area contributed by atoms with E-state index < -0.39 is 0 Å². The van der Waals surface area contributed by atoms with E-state index in [-0.39, 0.29) is 0 Å². The minimum Gasteiger partial charge on any atom is -0.398 e. The Hall–Kier alpha value is -0.730. The van der Waals surface area contributed by atoms with Crippen molar-refractivity contribution in [1.29, 1.82) is 0 Å². The van der Waals surface area contributed by atoms with Crippen LogP contribution in [0.15, 0.2) is 18.2 Å². The topological polar surface area (TPSA) is 29.3 Å². The largest absolute Gasteiger partial charge is 0.398 e. The first-order valence-electron chi connectivity index (χ1n) is 6.86. The number of nitrogens with zero attached hydrogens (tertiary/aromatic N) is 1. The standard InChI is InChI=1S/C15H25ClN2/c1-4-12(5-2)10-18(6-3)11-13-9-14(16)7-8-15(13)17/h7-9,12H,4-6,10-11,17H2,1-3H3. The molecule has 0 heterocycles. The van der Waals surface area contributed by atoms with Crippen LogP contribution in [-0.2, 0) is 6.54 Å². The van der Waals surface area contributed by atoms with E-state index in [0.29, 0.717) is 0 Å². The number of anilines is 1. The summed E-state index contributed by atoms with van der Waals surface area (Å²) in [5.41, 5.74) is 7.97. The van der Waals surface area contributed by atoms with E-state index in [1.54, 1.807) is 0 Å². The minimum atomic E-state index is 0.762. The molecule has 0 aromatic heterocycles. The molecule has 0 aliphatic heterocycles. The highest BCUT2D eigenvalue weighted by molar-refractivity contribution is 6.30. The maximum atomic E-state index is 6.03. The Bertz CT molecular complexity index is 362. The molecule has 0 aliphatic rings. The molecule has 2 nitrogen and oxygen atoms in total. The molecule has 0 aliphatic carbocycles. The van der Waals surface area contributed by atoms with Gasteiger partial charge in [-0.3, -0.25) is 4.90 Å². The van der Waals surface area contributed by atoms with Gasteiger partial charge in [-0.25, -0.2) is 0 Å². The Morgan fingerprint density at radius 1 is 1.22 bits per heavy atom. The molecule has 0 saturated carbocycles. The van der Waals surface area contributed by atoms with Crippen LogP contribution in [0, 0.1) is 5.92 Å². The summed E-state index contributed by atoms with van der Waals surface area (Å²) in [6.07, 6.45) is 2.47. The zero-order valence-corrected chi connectivity index (χ0v) is 12.5. The van der Waals surface area contributed by atoms with Crippen molar-refractivity contribution in [2.45, 2.75) is 40.2 Å². The highest BCUT2D eigenvalue weighted by Gasteiger charge is 2.11. The molecule has 102 valence electrons. The van der Waals surface area contributed by atoms with Crippen LogP contribution in [0.1, 0.15) is 39.2 Å². The van der Waals surface area contributed by atoms with Crippen LogP contribution in [0.4, 0.5) is 5.69 Å². The number of rotatable bonds is 7. The molecular weight excluding hydrogens is 244 g/mol. The molecule has 1 aromatic rings. The maximum absolute atomic E-state index is 6.03. The first kappa shape index (κ1) is 15.3. The Morgan fingerprint density at radius 3 is 2.44 bits per heavy atom. The number of hydrogen-bond acceptors (Lipinski definition) is 2. The molecule has 0 fully saturated rings. The van der Waals surface area contributed by atoms with E-state index in [0.717, 1.165) is 41.8 Å².